The molecule has 0 aliphatic carbocycles. The fourth-order valence-corrected chi connectivity index (χ4v) is 3.93. The predicted molar refractivity (Wildman–Crippen MR) is 108 cm³/mol. The molecular weight excluding hydrogens is 407 g/mol. The van der Waals surface area contributed by atoms with E-state index in [1.54, 1.807) is 48.5 Å². The van der Waals surface area contributed by atoms with Crippen LogP contribution in [0.5, 0.6) is 0 Å². The highest BCUT2D eigenvalue weighted by molar-refractivity contribution is 7.92. The van der Waals surface area contributed by atoms with E-state index in [2.05, 4.69) is 10.0 Å². The van der Waals surface area contributed by atoms with Crippen LogP contribution in [-0.4, -0.2) is 14.3 Å². The standard InChI is InChI=1S/C19H14Cl2N2O3S/c20-13-9-10-17(18(21)11-13)19(24)22-15-7-4-8-16(12-15)27(25,26)23-14-5-2-1-3-6-14/h1-12,23H,(H,22,24). The Morgan fingerprint density at radius 1 is 0.815 bits per heavy atom. The second-order valence-electron chi connectivity index (χ2n) is 5.58. The fourth-order valence-electron chi connectivity index (χ4n) is 2.33. The van der Waals surface area contributed by atoms with Crippen LogP contribution < -0.4 is 10.0 Å². The van der Waals surface area contributed by atoms with Crippen molar-refractivity contribution in [3.05, 3.63) is 88.4 Å². The zero-order chi connectivity index (χ0) is 19.4. The molecule has 0 aliphatic rings. The molecule has 0 radical (unpaired) electrons. The molecule has 2 N–H and O–H groups in total. The Bertz CT molecular complexity index is 1090. The van der Waals surface area contributed by atoms with Crippen LogP contribution in [0.25, 0.3) is 0 Å². The fraction of sp³-hybridized carbons (Fsp3) is 0. The summed E-state index contributed by atoms with van der Waals surface area (Å²) >= 11 is 11.9. The number of amides is 1. The number of carbonyl (C=O) groups excluding carboxylic acids is 1. The summed E-state index contributed by atoms with van der Waals surface area (Å²) in [6.45, 7) is 0. The van der Waals surface area contributed by atoms with Crippen LogP contribution in [0, 0.1) is 0 Å². The van der Waals surface area contributed by atoms with Gasteiger partial charge in [0.05, 0.1) is 15.5 Å². The molecule has 8 heteroatoms. The minimum Gasteiger partial charge on any atom is -0.322 e. The molecule has 0 heterocycles. The second kappa shape index (κ2) is 8.00. The summed E-state index contributed by atoms with van der Waals surface area (Å²) in [5.41, 5.74) is 0.999. The predicted octanol–water partition coefficient (Wildman–Crippen LogP) is 5.05. The normalized spacial score (nSPS) is 11.0. The van der Waals surface area contributed by atoms with Gasteiger partial charge >= 0.3 is 0 Å². The second-order valence-corrected chi connectivity index (χ2v) is 8.10. The monoisotopic (exact) mass is 420 g/mol. The number of benzene rings is 3. The molecule has 27 heavy (non-hydrogen) atoms. The van der Waals surface area contributed by atoms with Gasteiger partial charge in [0.2, 0.25) is 0 Å². The van der Waals surface area contributed by atoms with Crippen molar-refractivity contribution in [2.24, 2.45) is 0 Å². The van der Waals surface area contributed by atoms with Crippen molar-refractivity contribution in [1.29, 1.82) is 0 Å². The van der Waals surface area contributed by atoms with E-state index >= 15 is 0 Å². The van der Waals surface area contributed by atoms with Crippen LogP contribution in [0.2, 0.25) is 10.0 Å². The maximum Gasteiger partial charge on any atom is 0.261 e. The molecule has 0 fully saturated rings. The van der Waals surface area contributed by atoms with Crippen molar-refractivity contribution in [2.75, 3.05) is 10.0 Å². The van der Waals surface area contributed by atoms with Crippen molar-refractivity contribution in [3.8, 4) is 0 Å². The Morgan fingerprint density at radius 3 is 2.22 bits per heavy atom. The molecule has 0 saturated carbocycles. The van der Waals surface area contributed by atoms with E-state index in [0.29, 0.717) is 16.4 Å². The lowest BCUT2D eigenvalue weighted by Crippen LogP contribution is -2.15. The van der Waals surface area contributed by atoms with Crippen molar-refractivity contribution < 1.29 is 13.2 Å². The van der Waals surface area contributed by atoms with Gasteiger partial charge in [0.15, 0.2) is 0 Å². The third kappa shape index (κ3) is 4.80. The van der Waals surface area contributed by atoms with E-state index in [4.69, 9.17) is 23.2 Å². The van der Waals surface area contributed by atoms with Gasteiger partial charge in [-0.25, -0.2) is 8.42 Å². The van der Waals surface area contributed by atoms with E-state index < -0.39 is 15.9 Å². The lowest BCUT2D eigenvalue weighted by molar-refractivity contribution is 0.102. The Morgan fingerprint density at radius 2 is 1.52 bits per heavy atom. The molecule has 0 unspecified atom stereocenters. The Balaban J connectivity index is 1.82. The quantitative estimate of drug-likeness (QED) is 0.606. The van der Waals surface area contributed by atoms with Crippen molar-refractivity contribution in [2.45, 2.75) is 4.90 Å². The van der Waals surface area contributed by atoms with Crippen molar-refractivity contribution in [1.82, 2.24) is 0 Å². The van der Waals surface area contributed by atoms with Crippen molar-refractivity contribution >= 4 is 50.5 Å². The summed E-state index contributed by atoms with van der Waals surface area (Å²) in [7, 11) is -3.79. The van der Waals surface area contributed by atoms with Gasteiger partial charge in [0.1, 0.15) is 0 Å². The van der Waals surface area contributed by atoms with Crippen LogP contribution >= 0.6 is 23.2 Å². The van der Waals surface area contributed by atoms with E-state index in [0.717, 1.165) is 0 Å². The van der Waals surface area contributed by atoms with Gasteiger partial charge < -0.3 is 5.32 Å². The molecule has 3 rings (SSSR count). The summed E-state index contributed by atoms with van der Waals surface area (Å²) in [4.78, 5) is 12.4. The minimum atomic E-state index is -3.79. The first kappa shape index (κ1) is 19.2. The number of hydrogen-bond donors (Lipinski definition) is 2. The number of para-hydroxylation sites is 1. The lowest BCUT2D eigenvalue weighted by atomic mass is 10.2. The van der Waals surface area contributed by atoms with Crippen LogP contribution in [-0.2, 0) is 10.0 Å². The molecule has 0 saturated heterocycles. The molecule has 5 nitrogen and oxygen atoms in total. The molecule has 1 amide bonds. The Kier molecular flexibility index (Phi) is 5.70. The first-order valence-corrected chi connectivity index (χ1v) is 10.0. The summed E-state index contributed by atoms with van der Waals surface area (Å²) in [5, 5.41) is 3.25. The first-order valence-electron chi connectivity index (χ1n) is 7.79. The topological polar surface area (TPSA) is 75.3 Å². The highest BCUT2D eigenvalue weighted by Crippen LogP contribution is 2.23. The zero-order valence-electron chi connectivity index (χ0n) is 13.8. The molecule has 0 spiro atoms. The number of nitrogens with one attached hydrogen (secondary N) is 2. The van der Waals surface area contributed by atoms with Gasteiger partial charge in [0.25, 0.3) is 15.9 Å². The third-order valence-corrected chi connectivity index (χ3v) is 5.53. The maximum atomic E-state index is 12.5. The Hall–Kier alpha value is -2.54. The summed E-state index contributed by atoms with van der Waals surface area (Å²) in [6.07, 6.45) is 0. The highest BCUT2D eigenvalue weighted by Gasteiger charge is 2.16. The van der Waals surface area contributed by atoms with Gasteiger partial charge in [0, 0.05) is 16.4 Å². The SMILES string of the molecule is O=C(Nc1cccc(S(=O)(=O)Nc2ccccc2)c1)c1ccc(Cl)cc1Cl. The molecule has 3 aromatic rings. The molecule has 3 aromatic carbocycles. The first-order chi connectivity index (χ1) is 12.8. The summed E-state index contributed by atoms with van der Waals surface area (Å²) in [5.74, 6) is -0.470. The van der Waals surface area contributed by atoms with Gasteiger partial charge in [-0.2, -0.15) is 0 Å². The third-order valence-electron chi connectivity index (χ3n) is 3.60. The van der Waals surface area contributed by atoms with Gasteiger partial charge in [-0.1, -0.05) is 47.5 Å². The molecule has 0 atom stereocenters. The van der Waals surface area contributed by atoms with E-state index in [-0.39, 0.29) is 15.5 Å². The molecule has 0 bridgehead atoms. The average Bonchev–Trinajstić information content (AvgIpc) is 2.62. The zero-order valence-corrected chi connectivity index (χ0v) is 16.1. The Labute approximate surface area is 167 Å². The van der Waals surface area contributed by atoms with E-state index in [9.17, 15) is 13.2 Å². The van der Waals surface area contributed by atoms with Crippen LogP contribution in [0.1, 0.15) is 10.4 Å². The van der Waals surface area contributed by atoms with Gasteiger partial charge in [-0.15, -0.1) is 0 Å². The minimum absolute atomic E-state index is 0.0198. The van der Waals surface area contributed by atoms with E-state index in [1.165, 1.54) is 24.3 Å². The molecular formula is C19H14Cl2N2O3S. The lowest BCUT2D eigenvalue weighted by Gasteiger charge is -2.11. The van der Waals surface area contributed by atoms with E-state index in [1.807, 2.05) is 0 Å². The highest BCUT2D eigenvalue weighted by atomic mass is 35.5. The summed E-state index contributed by atoms with van der Waals surface area (Å²) in [6, 6.07) is 19.0. The summed E-state index contributed by atoms with van der Waals surface area (Å²) < 4.78 is 27.6. The van der Waals surface area contributed by atoms with Crippen molar-refractivity contribution in [3.63, 3.8) is 0 Å². The van der Waals surface area contributed by atoms with Crippen LogP contribution in [0.15, 0.2) is 77.7 Å². The van der Waals surface area contributed by atoms with Crippen LogP contribution in [0.4, 0.5) is 11.4 Å². The van der Waals surface area contributed by atoms with Gasteiger partial charge in [-0.3, -0.25) is 9.52 Å². The van der Waals surface area contributed by atoms with Gasteiger partial charge in [-0.05, 0) is 48.5 Å². The number of sulfonamides is 1. The molecule has 0 aliphatic heterocycles. The molecule has 138 valence electrons. The molecule has 0 aromatic heterocycles. The maximum absolute atomic E-state index is 12.5. The number of hydrogen-bond acceptors (Lipinski definition) is 3. The largest absolute Gasteiger partial charge is 0.322 e. The number of halogens is 2. The average molecular weight is 421 g/mol. The number of anilines is 2. The van der Waals surface area contributed by atoms with Crippen LogP contribution in [0.3, 0.4) is 0 Å². The smallest absolute Gasteiger partial charge is 0.261 e. The number of carbonyl (C=O) groups is 1. The number of rotatable bonds is 5.